The Balaban J connectivity index is 1.36. The van der Waals surface area contributed by atoms with Gasteiger partial charge in [0.05, 0.1) is 13.2 Å². The fourth-order valence-corrected chi connectivity index (χ4v) is 4.55. The summed E-state index contributed by atoms with van der Waals surface area (Å²) in [4.78, 5) is 17.3. The van der Waals surface area contributed by atoms with Crippen LogP contribution in [0.15, 0.2) is 17.8 Å². The van der Waals surface area contributed by atoms with Crippen molar-refractivity contribution in [2.24, 2.45) is 0 Å². The fraction of sp³-hybridized carbons (Fsp3) is 0.667. The topological polar surface area (TPSA) is 57.3 Å². The number of hydrogen-bond acceptors (Lipinski definition) is 6. The van der Waals surface area contributed by atoms with Gasteiger partial charge in [0.25, 0.3) is 0 Å². The van der Waals surface area contributed by atoms with E-state index in [-0.39, 0.29) is 5.60 Å². The first-order valence-corrected chi connectivity index (χ1v) is 10.2. The molecule has 2 aliphatic rings. The summed E-state index contributed by atoms with van der Waals surface area (Å²) in [5, 5.41) is 3.16. The lowest BCUT2D eigenvalue weighted by Crippen LogP contribution is -2.53. The molecule has 4 rings (SSSR count). The number of aromatic amines is 1. The fourth-order valence-electron chi connectivity index (χ4n) is 3.88. The van der Waals surface area contributed by atoms with Gasteiger partial charge >= 0.3 is 0 Å². The second-order valence-corrected chi connectivity index (χ2v) is 8.06. The molecular formula is C18H27N5OS. The summed E-state index contributed by atoms with van der Waals surface area (Å²) in [6.07, 6.45) is 8.41. The third-order valence-electron chi connectivity index (χ3n) is 5.18. The van der Waals surface area contributed by atoms with E-state index in [1.54, 1.807) is 11.3 Å². The summed E-state index contributed by atoms with van der Waals surface area (Å²) in [6, 6.07) is 0. The quantitative estimate of drug-likeness (QED) is 0.857. The molecule has 25 heavy (non-hydrogen) atoms. The van der Waals surface area contributed by atoms with Crippen LogP contribution in [0.1, 0.15) is 37.7 Å². The Morgan fingerprint density at radius 2 is 2.28 bits per heavy atom. The van der Waals surface area contributed by atoms with Gasteiger partial charge in [-0.1, -0.05) is 13.3 Å². The van der Waals surface area contributed by atoms with Crippen molar-refractivity contribution < 1.29 is 4.74 Å². The molecule has 0 radical (unpaired) electrons. The predicted molar refractivity (Wildman–Crippen MR) is 100 cm³/mol. The lowest BCUT2D eigenvalue weighted by Gasteiger charge is -2.40. The molecule has 1 unspecified atom stereocenters. The molecule has 0 bridgehead atoms. The van der Waals surface area contributed by atoms with Crippen LogP contribution in [0.5, 0.6) is 0 Å². The van der Waals surface area contributed by atoms with Gasteiger partial charge in [-0.05, 0) is 12.8 Å². The number of nitrogens with one attached hydrogen (secondary N) is 1. The van der Waals surface area contributed by atoms with Crippen LogP contribution in [0.25, 0.3) is 0 Å². The smallest absolute Gasteiger partial charge is 0.185 e. The number of aryl methyl sites for hydroxylation is 1. The van der Waals surface area contributed by atoms with Gasteiger partial charge < -0.3 is 14.6 Å². The van der Waals surface area contributed by atoms with Crippen LogP contribution >= 0.6 is 11.3 Å². The van der Waals surface area contributed by atoms with E-state index in [9.17, 15) is 0 Å². The van der Waals surface area contributed by atoms with Crippen LogP contribution < -0.4 is 4.90 Å². The maximum atomic E-state index is 6.25. The van der Waals surface area contributed by atoms with Crippen molar-refractivity contribution in [2.45, 2.75) is 44.8 Å². The van der Waals surface area contributed by atoms with Crippen molar-refractivity contribution in [1.29, 1.82) is 0 Å². The molecule has 0 aliphatic carbocycles. The molecule has 2 aromatic rings. The van der Waals surface area contributed by atoms with Gasteiger partial charge in [0.15, 0.2) is 5.13 Å². The van der Waals surface area contributed by atoms with E-state index in [2.05, 4.69) is 31.7 Å². The van der Waals surface area contributed by atoms with E-state index in [1.165, 1.54) is 18.5 Å². The van der Waals surface area contributed by atoms with Crippen LogP contribution in [0.2, 0.25) is 0 Å². The van der Waals surface area contributed by atoms with E-state index >= 15 is 0 Å². The second-order valence-electron chi connectivity index (χ2n) is 7.19. The first kappa shape index (κ1) is 17.0. The molecule has 4 heterocycles. The number of H-pyrrole nitrogens is 1. The van der Waals surface area contributed by atoms with Crippen molar-refractivity contribution in [2.75, 3.05) is 37.7 Å². The number of nitrogens with zero attached hydrogens (tertiary/aromatic N) is 4. The van der Waals surface area contributed by atoms with E-state index < -0.39 is 0 Å². The third-order valence-corrected chi connectivity index (χ3v) is 6.01. The molecule has 0 aromatic carbocycles. The Labute approximate surface area is 153 Å². The summed E-state index contributed by atoms with van der Waals surface area (Å²) in [5.74, 6) is 1.12. The summed E-state index contributed by atoms with van der Waals surface area (Å²) in [6.45, 7) is 7.91. The van der Waals surface area contributed by atoms with E-state index in [0.717, 1.165) is 63.1 Å². The minimum atomic E-state index is -0.0466. The van der Waals surface area contributed by atoms with Gasteiger partial charge in [-0.3, -0.25) is 4.90 Å². The van der Waals surface area contributed by atoms with Gasteiger partial charge in [-0.25, -0.2) is 9.97 Å². The zero-order valence-corrected chi connectivity index (χ0v) is 15.7. The highest BCUT2D eigenvalue weighted by Crippen LogP contribution is 2.33. The molecule has 1 atom stereocenters. The number of imidazole rings is 1. The number of unbranched alkanes of at least 4 members (excludes halogenated alkanes) is 1. The molecule has 1 spiro atoms. The van der Waals surface area contributed by atoms with Gasteiger partial charge in [-0.15, -0.1) is 11.3 Å². The van der Waals surface area contributed by atoms with Crippen LogP contribution in [-0.2, 0) is 17.7 Å². The van der Waals surface area contributed by atoms with Crippen LogP contribution in [-0.4, -0.2) is 58.2 Å². The highest BCUT2D eigenvalue weighted by molar-refractivity contribution is 7.13. The monoisotopic (exact) mass is 361 g/mol. The maximum absolute atomic E-state index is 6.25. The first-order chi connectivity index (χ1) is 12.3. The summed E-state index contributed by atoms with van der Waals surface area (Å²) in [7, 11) is 0. The minimum Gasteiger partial charge on any atom is -0.370 e. The predicted octanol–water partition coefficient (Wildman–Crippen LogP) is 2.69. The zero-order valence-electron chi connectivity index (χ0n) is 14.9. The summed E-state index contributed by atoms with van der Waals surface area (Å²) < 4.78 is 6.25. The maximum Gasteiger partial charge on any atom is 0.185 e. The standard InChI is InChI=1S/C18H27N5OS/c1-2-3-4-16-20-11-15(21-16)12-22-8-9-24-18(13-22)5-7-23(14-18)17-19-6-10-25-17/h6,10-11H,2-5,7-9,12-14H2,1H3,(H,20,21). The summed E-state index contributed by atoms with van der Waals surface area (Å²) in [5.41, 5.74) is 1.17. The number of thiazole rings is 1. The van der Waals surface area contributed by atoms with Crippen molar-refractivity contribution in [3.63, 3.8) is 0 Å². The molecule has 6 nitrogen and oxygen atoms in total. The first-order valence-electron chi connectivity index (χ1n) is 9.30. The van der Waals surface area contributed by atoms with E-state index in [1.807, 2.05) is 17.8 Å². The van der Waals surface area contributed by atoms with Crippen molar-refractivity contribution >= 4 is 16.5 Å². The molecular weight excluding hydrogens is 334 g/mol. The van der Waals surface area contributed by atoms with E-state index in [0.29, 0.717) is 0 Å². The normalized spacial score (nSPS) is 24.4. The molecule has 2 saturated heterocycles. The van der Waals surface area contributed by atoms with Gasteiger partial charge in [-0.2, -0.15) is 0 Å². The van der Waals surface area contributed by atoms with Gasteiger partial charge in [0.1, 0.15) is 11.4 Å². The SMILES string of the molecule is CCCCc1ncc(CN2CCOC3(CCN(c4nccs4)C3)C2)[nH]1. The molecule has 1 N–H and O–H groups in total. The molecule has 7 heteroatoms. The van der Waals surface area contributed by atoms with Gasteiger partial charge in [0, 0.05) is 56.1 Å². The highest BCUT2D eigenvalue weighted by atomic mass is 32.1. The highest BCUT2D eigenvalue weighted by Gasteiger charge is 2.43. The Kier molecular flexibility index (Phi) is 5.05. The van der Waals surface area contributed by atoms with Gasteiger partial charge in [0.2, 0.25) is 0 Å². The largest absolute Gasteiger partial charge is 0.370 e. The Morgan fingerprint density at radius 1 is 1.32 bits per heavy atom. The summed E-state index contributed by atoms with van der Waals surface area (Å²) >= 11 is 1.71. The number of hydrogen-bond donors (Lipinski definition) is 1. The molecule has 136 valence electrons. The third kappa shape index (κ3) is 3.88. The number of ether oxygens (including phenoxy) is 1. The molecule has 0 amide bonds. The van der Waals surface area contributed by atoms with Crippen LogP contribution in [0.4, 0.5) is 5.13 Å². The van der Waals surface area contributed by atoms with Crippen molar-refractivity contribution in [3.05, 3.63) is 29.3 Å². The molecule has 0 saturated carbocycles. The van der Waals surface area contributed by atoms with Crippen LogP contribution in [0, 0.1) is 0 Å². The van der Waals surface area contributed by atoms with Crippen molar-refractivity contribution in [1.82, 2.24) is 19.9 Å². The Bertz CT molecular complexity index is 673. The van der Waals surface area contributed by atoms with Crippen molar-refractivity contribution in [3.8, 4) is 0 Å². The average molecular weight is 362 g/mol. The lowest BCUT2D eigenvalue weighted by atomic mass is 10.0. The van der Waals surface area contributed by atoms with E-state index in [4.69, 9.17) is 4.74 Å². The zero-order chi connectivity index (χ0) is 17.1. The second kappa shape index (κ2) is 7.43. The Hall–Kier alpha value is -1.44. The molecule has 2 fully saturated rings. The Morgan fingerprint density at radius 3 is 3.12 bits per heavy atom. The number of aromatic nitrogens is 3. The number of morpholine rings is 1. The number of rotatable bonds is 6. The molecule has 2 aliphatic heterocycles. The lowest BCUT2D eigenvalue weighted by molar-refractivity contribution is -0.0976. The average Bonchev–Trinajstić information content (AvgIpc) is 3.34. The van der Waals surface area contributed by atoms with Crippen LogP contribution in [0.3, 0.4) is 0 Å². The minimum absolute atomic E-state index is 0.0466. The molecule has 2 aromatic heterocycles. The number of anilines is 1.